The fourth-order valence-corrected chi connectivity index (χ4v) is 2.07. The van der Waals surface area contributed by atoms with E-state index in [1.165, 1.54) is 19.3 Å². The predicted molar refractivity (Wildman–Crippen MR) is 42.1 cm³/mol. The fraction of sp³-hybridized carbons (Fsp3) is 1.00. The lowest BCUT2D eigenvalue weighted by atomic mass is 9.75. The van der Waals surface area contributed by atoms with Crippen LogP contribution in [0, 0.1) is 0 Å². The summed E-state index contributed by atoms with van der Waals surface area (Å²) in [6.07, 6.45) is 4.92. The summed E-state index contributed by atoms with van der Waals surface area (Å²) < 4.78 is 0. The minimum absolute atomic E-state index is 0.209. The molecule has 1 aliphatic carbocycles. The molecule has 2 aliphatic rings. The monoisotopic (exact) mass is 152 g/mol. The van der Waals surface area contributed by atoms with Gasteiger partial charge in [-0.15, -0.1) is 0 Å². The predicted octanol–water partition coefficient (Wildman–Crippen LogP) is 1.58. The molecule has 0 amide bonds. The third-order valence-electron chi connectivity index (χ3n) is 2.86. The van der Waals surface area contributed by atoms with Crippen LogP contribution >= 0.6 is 0 Å². The van der Waals surface area contributed by atoms with Crippen LogP contribution in [-0.4, -0.2) is 18.1 Å². The van der Waals surface area contributed by atoms with Crippen molar-refractivity contribution in [2.24, 2.45) is 5.11 Å². The van der Waals surface area contributed by atoms with Crippen LogP contribution in [0.3, 0.4) is 0 Å². The first-order valence-electron chi connectivity index (χ1n) is 4.14. The zero-order chi connectivity index (χ0) is 7.73. The van der Waals surface area contributed by atoms with Crippen molar-refractivity contribution in [3.8, 4) is 0 Å². The minimum Gasteiger partial charge on any atom is -0.311 e. The molecular formula is C7H12N4. The second-order valence-electron chi connectivity index (χ2n) is 3.58. The molecule has 1 spiro atoms. The van der Waals surface area contributed by atoms with E-state index in [4.69, 9.17) is 5.53 Å². The maximum absolute atomic E-state index is 8.22. The van der Waals surface area contributed by atoms with E-state index in [0.717, 1.165) is 13.0 Å². The van der Waals surface area contributed by atoms with Crippen molar-refractivity contribution in [1.29, 1.82) is 0 Å². The largest absolute Gasteiger partial charge is 0.311 e. The molecule has 11 heavy (non-hydrogen) atoms. The first-order valence-corrected chi connectivity index (χ1v) is 4.14. The maximum atomic E-state index is 8.22. The quantitative estimate of drug-likeness (QED) is 0.346. The van der Waals surface area contributed by atoms with Gasteiger partial charge < -0.3 is 5.32 Å². The highest BCUT2D eigenvalue weighted by atomic mass is 15.2. The molecule has 0 aromatic rings. The highest BCUT2D eigenvalue weighted by Crippen LogP contribution is 2.39. The number of hydrogen-bond donors (Lipinski definition) is 1. The van der Waals surface area contributed by atoms with Crippen LogP contribution < -0.4 is 5.32 Å². The molecule has 0 radical (unpaired) electrons. The van der Waals surface area contributed by atoms with Gasteiger partial charge in [0, 0.05) is 17.0 Å². The van der Waals surface area contributed by atoms with Gasteiger partial charge in [0.05, 0.1) is 6.04 Å². The molecule has 2 rings (SSSR count). The summed E-state index contributed by atoms with van der Waals surface area (Å²) in [5, 5.41) is 7.16. The number of rotatable bonds is 1. The van der Waals surface area contributed by atoms with Gasteiger partial charge in [-0.25, -0.2) is 0 Å². The summed E-state index contributed by atoms with van der Waals surface area (Å²) in [6.45, 7) is 0.879. The molecular weight excluding hydrogens is 140 g/mol. The van der Waals surface area contributed by atoms with Crippen molar-refractivity contribution in [2.45, 2.75) is 37.3 Å². The molecule has 0 aromatic heterocycles. The summed E-state index contributed by atoms with van der Waals surface area (Å²) in [5.74, 6) is 0. The lowest BCUT2D eigenvalue weighted by molar-refractivity contribution is 0.214. The Kier molecular flexibility index (Phi) is 1.51. The number of hydrogen-bond acceptors (Lipinski definition) is 2. The van der Waals surface area contributed by atoms with Gasteiger partial charge in [-0.1, -0.05) is 5.11 Å². The van der Waals surface area contributed by atoms with E-state index in [-0.39, 0.29) is 6.04 Å². The minimum atomic E-state index is 0.209. The Labute approximate surface area is 65.6 Å². The molecule has 1 aliphatic heterocycles. The van der Waals surface area contributed by atoms with E-state index in [9.17, 15) is 0 Å². The van der Waals surface area contributed by atoms with Crippen molar-refractivity contribution >= 4 is 0 Å². The fourth-order valence-electron chi connectivity index (χ4n) is 2.07. The third-order valence-corrected chi connectivity index (χ3v) is 2.86. The Morgan fingerprint density at radius 2 is 2.36 bits per heavy atom. The van der Waals surface area contributed by atoms with E-state index in [0.29, 0.717) is 5.54 Å². The maximum Gasteiger partial charge on any atom is 0.0516 e. The number of nitrogens with one attached hydrogen (secondary N) is 1. The molecule has 1 saturated heterocycles. The zero-order valence-electron chi connectivity index (χ0n) is 6.45. The van der Waals surface area contributed by atoms with Crippen LogP contribution in [-0.2, 0) is 0 Å². The van der Waals surface area contributed by atoms with Gasteiger partial charge in [-0.2, -0.15) is 0 Å². The van der Waals surface area contributed by atoms with Gasteiger partial charge in [0.1, 0.15) is 0 Å². The SMILES string of the molecule is [N-]=[N+]=NC1CNC2(CCC2)C1. The summed E-state index contributed by atoms with van der Waals surface area (Å²) >= 11 is 0. The Morgan fingerprint density at radius 1 is 1.55 bits per heavy atom. The highest BCUT2D eigenvalue weighted by Gasteiger charge is 2.42. The number of nitrogens with zero attached hydrogens (tertiary/aromatic N) is 3. The topological polar surface area (TPSA) is 60.8 Å². The third kappa shape index (κ3) is 1.08. The van der Waals surface area contributed by atoms with E-state index >= 15 is 0 Å². The molecule has 4 nitrogen and oxygen atoms in total. The Morgan fingerprint density at radius 3 is 2.82 bits per heavy atom. The van der Waals surface area contributed by atoms with Gasteiger partial charge in [0.2, 0.25) is 0 Å². The van der Waals surface area contributed by atoms with Gasteiger partial charge in [-0.05, 0) is 31.2 Å². The van der Waals surface area contributed by atoms with Crippen LogP contribution in [0.4, 0.5) is 0 Å². The lowest BCUT2D eigenvalue weighted by Crippen LogP contribution is -2.45. The van der Waals surface area contributed by atoms with E-state index in [1.807, 2.05) is 0 Å². The van der Waals surface area contributed by atoms with E-state index in [1.54, 1.807) is 0 Å². The molecule has 4 heteroatoms. The van der Waals surface area contributed by atoms with E-state index in [2.05, 4.69) is 15.3 Å². The molecule has 2 fully saturated rings. The van der Waals surface area contributed by atoms with Gasteiger partial charge in [0.25, 0.3) is 0 Å². The molecule has 0 aromatic carbocycles. The van der Waals surface area contributed by atoms with Crippen LogP contribution in [0.2, 0.25) is 0 Å². The molecule has 1 atom stereocenters. The van der Waals surface area contributed by atoms with Crippen molar-refractivity contribution in [3.05, 3.63) is 10.4 Å². The Bertz CT molecular complexity index is 202. The van der Waals surface area contributed by atoms with Gasteiger partial charge in [-0.3, -0.25) is 0 Å². The Hall–Kier alpha value is -0.730. The van der Waals surface area contributed by atoms with E-state index < -0.39 is 0 Å². The van der Waals surface area contributed by atoms with Crippen LogP contribution in [0.5, 0.6) is 0 Å². The molecule has 60 valence electrons. The summed E-state index contributed by atoms with van der Waals surface area (Å²) in [7, 11) is 0. The van der Waals surface area contributed by atoms with Gasteiger partial charge >= 0.3 is 0 Å². The standard InChI is InChI=1S/C7H12N4/c8-11-10-6-4-7(9-5-6)2-1-3-7/h6,9H,1-5H2. The summed E-state index contributed by atoms with van der Waals surface area (Å²) in [4.78, 5) is 2.83. The van der Waals surface area contributed by atoms with Crippen molar-refractivity contribution in [2.75, 3.05) is 6.54 Å². The van der Waals surface area contributed by atoms with Gasteiger partial charge in [0.15, 0.2) is 0 Å². The van der Waals surface area contributed by atoms with Crippen molar-refractivity contribution < 1.29 is 0 Å². The average molecular weight is 152 g/mol. The normalized spacial score (nSPS) is 32.9. The first kappa shape index (κ1) is 6.95. The molecule has 1 N–H and O–H groups in total. The van der Waals surface area contributed by atoms with Crippen LogP contribution in [0.25, 0.3) is 10.4 Å². The summed E-state index contributed by atoms with van der Waals surface area (Å²) in [5.41, 5.74) is 8.59. The van der Waals surface area contributed by atoms with Crippen molar-refractivity contribution in [1.82, 2.24) is 5.32 Å². The Balaban J connectivity index is 1.97. The second kappa shape index (κ2) is 2.40. The van der Waals surface area contributed by atoms with Crippen LogP contribution in [0.15, 0.2) is 5.11 Å². The molecule has 0 bridgehead atoms. The lowest BCUT2D eigenvalue weighted by Gasteiger charge is -2.38. The molecule has 1 heterocycles. The highest BCUT2D eigenvalue weighted by molar-refractivity contribution is 5.04. The van der Waals surface area contributed by atoms with Crippen molar-refractivity contribution in [3.63, 3.8) is 0 Å². The first-order chi connectivity index (χ1) is 5.35. The average Bonchev–Trinajstić information content (AvgIpc) is 2.32. The molecule has 1 saturated carbocycles. The number of azide groups is 1. The zero-order valence-corrected chi connectivity index (χ0v) is 6.45. The summed E-state index contributed by atoms with van der Waals surface area (Å²) in [6, 6.07) is 0.209. The second-order valence-corrected chi connectivity index (χ2v) is 3.58. The molecule has 1 unspecified atom stereocenters. The smallest absolute Gasteiger partial charge is 0.0516 e. The van der Waals surface area contributed by atoms with Crippen LogP contribution in [0.1, 0.15) is 25.7 Å².